The molecule has 0 saturated carbocycles. The number of nitriles is 1. The SMILES string of the molecule is C#N.CCCc1cccc(N)c1. The van der Waals surface area contributed by atoms with Crippen molar-refractivity contribution in [2.24, 2.45) is 0 Å². The van der Waals surface area contributed by atoms with Crippen LogP contribution in [0.3, 0.4) is 0 Å². The molecule has 2 N–H and O–H groups in total. The van der Waals surface area contributed by atoms with Gasteiger partial charge in [0.1, 0.15) is 0 Å². The lowest BCUT2D eigenvalue weighted by molar-refractivity contribution is 0.922. The molecule has 0 fully saturated rings. The molecule has 0 aliphatic heterocycles. The Balaban J connectivity index is 0.000000561. The van der Waals surface area contributed by atoms with Crippen LogP contribution < -0.4 is 5.73 Å². The lowest BCUT2D eigenvalue weighted by Gasteiger charge is -1.98. The number of rotatable bonds is 2. The van der Waals surface area contributed by atoms with Crippen molar-refractivity contribution in [3.63, 3.8) is 0 Å². The maximum atomic E-state index is 6.50. The molecule has 0 radical (unpaired) electrons. The molecule has 0 saturated heterocycles. The smallest absolute Gasteiger partial charge is 0.0462 e. The molecule has 0 aliphatic rings. The minimum Gasteiger partial charge on any atom is -0.399 e. The van der Waals surface area contributed by atoms with Crippen molar-refractivity contribution in [3.8, 4) is 6.57 Å². The van der Waals surface area contributed by atoms with E-state index in [2.05, 4.69) is 19.6 Å². The summed E-state index contributed by atoms with van der Waals surface area (Å²) in [6.45, 7) is 5.67. The monoisotopic (exact) mass is 162 g/mol. The van der Waals surface area contributed by atoms with Gasteiger partial charge in [0, 0.05) is 12.3 Å². The van der Waals surface area contributed by atoms with Gasteiger partial charge in [0.25, 0.3) is 0 Å². The molecular formula is C10H14N2. The molecule has 0 heterocycles. The predicted octanol–water partition coefficient (Wildman–Crippen LogP) is 2.36. The summed E-state index contributed by atoms with van der Waals surface area (Å²) >= 11 is 0. The van der Waals surface area contributed by atoms with Crippen LogP contribution in [0.15, 0.2) is 24.3 Å². The Morgan fingerprint density at radius 2 is 2.08 bits per heavy atom. The Kier molecular flexibility index (Phi) is 5.46. The normalized spacial score (nSPS) is 8.25. The number of nitrogen functional groups attached to an aromatic ring is 1. The summed E-state index contributed by atoms with van der Waals surface area (Å²) in [6.07, 6.45) is 2.31. The summed E-state index contributed by atoms with van der Waals surface area (Å²) in [5, 5.41) is 6.50. The van der Waals surface area contributed by atoms with E-state index in [-0.39, 0.29) is 0 Å². The second-order valence-corrected chi connectivity index (χ2v) is 2.50. The highest BCUT2D eigenvalue weighted by atomic mass is 14.5. The molecule has 12 heavy (non-hydrogen) atoms. The van der Waals surface area contributed by atoms with Gasteiger partial charge in [-0.05, 0) is 24.1 Å². The van der Waals surface area contributed by atoms with Gasteiger partial charge in [-0.2, -0.15) is 0 Å². The van der Waals surface area contributed by atoms with E-state index in [9.17, 15) is 0 Å². The molecule has 2 heteroatoms. The molecule has 0 amide bonds. The number of nitrogens with zero attached hydrogens (tertiary/aromatic N) is 1. The maximum Gasteiger partial charge on any atom is 0.0462 e. The van der Waals surface area contributed by atoms with E-state index in [0.29, 0.717) is 0 Å². The first-order valence-electron chi connectivity index (χ1n) is 3.93. The van der Waals surface area contributed by atoms with E-state index in [1.807, 2.05) is 18.2 Å². The minimum atomic E-state index is 0.867. The van der Waals surface area contributed by atoms with Gasteiger partial charge in [-0.25, -0.2) is 5.26 Å². The Hall–Kier alpha value is -1.49. The highest BCUT2D eigenvalue weighted by Gasteiger charge is 1.89. The number of aryl methyl sites for hydroxylation is 1. The number of nitrogens with two attached hydrogens (primary N) is 1. The Bertz CT molecular complexity index is 241. The van der Waals surface area contributed by atoms with Crippen LogP contribution in [0.4, 0.5) is 5.69 Å². The molecule has 1 rings (SSSR count). The van der Waals surface area contributed by atoms with Gasteiger partial charge >= 0.3 is 0 Å². The third kappa shape index (κ3) is 3.62. The second-order valence-electron chi connectivity index (χ2n) is 2.50. The quantitative estimate of drug-likeness (QED) is 0.678. The van der Waals surface area contributed by atoms with Crippen molar-refractivity contribution in [2.75, 3.05) is 5.73 Å². The van der Waals surface area contributed by atoms with Crippen molar-refractivity contribution >= 4 is 5.69 Å². The van der Waals surface area contributed by atoms with Crippen molar-refractivity contribution in [1.29, 1.82) is 5.26 Å². The third-order valence-electron chi connectivity index (χ3n) is 1.49. The standard InChI is InChI=1S/C9H13N.CHN/c1-2-4-8-5-3-6-9(10)7-8;1-2/h3,5-7H,2,4,10H2,1H3;1H. The average Bonchev–Trinajstić information content (AvgIpc) is 2.09. The molecule has 0 atom stereocenters. The molecule has 1 aromatic carbocycles. The van der Waals surface area contributed by atoms with E-state index in [1.165, 1.54) is 12.0 Å². The fourth-order valence-corrected chi connectivity index (χ4v) is 1.04. The summed E-state index contributed by atoms with van der Waals surface area (Å²) in [5.74, 6) is 0. The molecule has 1 aromatic rings. The zero-order chi connectivity index (χ0) is 9.40. The average molecular weight is 162 g/mol. The van der Waals surface area contributed by atoms with Gasteiger partial charge in [-0.15, -0.1) is 0 Å². The maximum absolute atomic E-state index is 6.50. The molecule has 2 nitrogen and oxygen atoms in total. The van der Waals surface area contributed by atoms with E-state index in [0.717, 1.165) is 12.1 Å². The van der Waals surface area contributed by atoms with Crippen LogP contribution in [0.25, 0.3) is 0 Å². The first kappa shape index (κ1) is 10.5. The highest BCUT2D eigenvalue weighted by Crippen LogP contribution is 2.07. The summed E-state index contributed by atoms with van der Waals surface area (Å²) in [4.78, 5) is 0. The van der Waals surface area contributed by atoms with Crippen LogP contribution in [0.2, 0.25) is 0 Å². The summed E-state index contributed by atoms with van der Waals surface area (Å²) in [7, 11) is 0. The molecule has 0 aliphatic carbocycles. The Morgan fingerprint density at radius 1 is 1.42 bits per heavy atom. The van der Waals surface area contributed by atoms with Gasteiger partial charge in [-0.1, -0.05) is 25.5 Å². The van der Waals surface area contributed by atoms with E-state index < -0.39 is 0 Å². The first-order chi connectivity index (χ1) is 5.83. The van der Waals surface area contributed by atoms with E-state index in [4.69, 9.17) is 11.0 Å². The van der Waals surface area contributed by atoms with Crippen molar-refractivity contribution in [2.45, 2.75) is 19.8 Å². The molecular weight excluding hydrogens is 148 g/mol. The zero-order valence-electron chi connectivity index (χ0n) is 7.33. The van der Waals surface area contributed by atoms with Gasteiger partial charge in [0.05, 0.1) is 0 Å². The van der Waals surface area contributed by atoms with Gasteiger partial charge in [0.15, 0.2) is 0 Å². The van der Waals surface area contributed by atoms with Crippen LogP contribution in [0.5, 0.6) is 0 Å². The predicted molar refractivity (Wildman–Crippen MR) is 51.5 cm³/mol. The Morgan fingerprint density at radius 3 is 2.58 bits per heavy atom. The largest absolute Gasteiger partial charge is 0.399 e. The molecule has 0 spiro atoms. The fourth-order valence-electron chi connectivity index (χ4n) is 1.04. The molecule has 0 unspecified atom stereocenters. The Labute approximate surface area is 73.6 Å². The van der Waals surface area contributed by atoms with Crippen LogP contribution in [-0.2, 0) is 6.42 Å². The lowest BCUT2D eigenvalue weighted by atomic mass is 10.1. The van der Waals surface area contributed by atoms with Crippen molar-refractivity contribution in [3.05, 3.63) is 29.8 Å². The molecule has 0 aromatic heterocycles. The van der Waals surface area contributed by atoms with Gasteiger partial charge < -0.3 is 5.73 Å². The highest BCUT2D eigenvalue weighted by molar-refractivity contribution is 5.40. The lowest BCUT2D eigenvalue weighted by Crippen LogP contribution is -1.87. The minimum absolute atomic E-state index is 0.867. The van der Waals surface area contributed by atoms with Crippen LogP contribution >= 0.6 is 0 Å². The van der Waals surface area contributed by atoms with Crippen LogP contribution in [0.1, 0.15) is 18.9 Å². The summed E-state index contributed by atoms with van der Waals surface area (Å²) in [5.41, 5.74) is 7.79. The van der Waals surface area contributed by atoms with E-state index in [1.54, 1.807) is 0 Å². The number of benzene rings is 1. The molecule has 0 bridgehead atoms. The number of hydrogen-bond acceptors (Lipinski definition) is 2. The summed E-state index contributed by atoms with van der Waals surface area (Å²) < 4.78 is 0. The van der Waals surface area contributed by atoms with Gasteiger partial charge in [0.2, 0.25) is 0 Å². The van der Waals surface area contributed by atoms with Crippen molar-refractivity contribution < 1.29 is 0 Å². The number of anilines is 1. The second kappa shape index (κ2) is 6.23. The van der Waals surface area contributed by atoms with Crippen LogP contribution in [0, 0.1) is 11.8 Å². The molecule has 64 valence electrons. The zero-order valence-corrected chi connectivity index (χ0v) is 7.33. The topological polar surface area (TPSA) is 49.8 Å². The summed E-state index contributed by atoms with van der Waals surface area (Å²) in [6, 6.07) is 8.06. The first-order valence-corrected chi connectivity index (χ1v) is 3.93. The van der Waals surface area contributed by atoms with E-state index >= 15 is 0 Å². The van der Waals surface area contributed by atoms with Crippen molar-refractivity contribution in [1.82, 2.24) is 0 Å². The fraction of sp³-hybridized carbons (Fsp3) is 0.300. The third-order valence-corrected chi connectivity index (χ3v) is 1.49. The van der Waals surface area contributed by atoms with Gasteiger partial charge in [-0.3, -0.25) is 0 Å². The van der Waals surface area contributed by atoms with Crippen LogP contribution in [-0.4, -0.2) is 0 Å². The number of hydrogen-bond donors (Lipinski definition) is 1.